The standard InChI is InChI=1S/C25H42N2O19/c1-8(32)26-10(4-28)16(37)20(13(36)6-30)44-23-19(40)22(18(39)14(7-31)43-23)46-25(24(41)42)3-11(34)15(27-9(2)33)21(45-25)17(38)12(35)5-29/h4,10-23,29-31,34-40H,3,5-7H2,1-2H3,(H,26,32)(H,27,33)(H,41,42)/t10-,11+,12+,13-,14+,15-,16+,17-,18+,19+,20+,21-,22-,23-,25+/m1/s1. The molecule has 15 atom stereocenters. The van der Waals surface area contributed by atoms with Gasteiger partial charge in [-0.3, -0.25) is 9.59 Å². The van der Waals surface area contributed by atoms with E-state index in [0.717, 1.165) is 13.8 Å². The zero-order valence-electron chi connectivity index (χ0n) is 24.7. The molecular formula is C25H42N2O19. The highest BCUT2D eigenvalue weighted by Gasteiger charge is 2.59. The Morgan fingerprint density at radius 2 is 1.59 bits per heavy atom. The zero-order chi connectivity index (χ0) is 35.1. The minimum Gasteiger partial charge on any atom is -0.477 e. The molecule has 21 nitrogen and oxygen atoms in total. The van der Waals surface area contributed by atoms with Gasteiger partial charge in [0.1, 0.15) is 73.4 Å². The number of carboxylic acid groups (broad SMARTS) is 1. The number of carbonyl (C=O) groups excluding carboxylic acids is 3. The molecule has 2 heterocycles. The van der Waals surface area contributed by atoms with Gasteiger partial charge in [0.25, 0.3) is 5.79 Å². The first-order chi connectivity index (χ1) is 21.5. The predicted molar refractivity (Wildman–Crippen MR) is 143 cm³/mol. The summed E-state index contributed by atoms with van der Waals surface area (Å²) in [5.41, 5.74) is 0. The average molecular weight is 675 g/mol. The van der Waals surface area contributed by atoms with Gasteiger partial charge in [0, 0.05) is 20.3 Å². The van der Waals surface area contributed by atoms with Crippen LogP contribution in [0, 0.1) is 0 Å². The maximum atomic E-state index is 12.6. The Balaban J connectivity index is 2.51. The SMILES string of the molecule is CC(=O)N[C@H]1[C@H]([C@H](O)[C@@H](O)CO)O[C@@](O[C@H]2[C@H](O)[C@@H](O[C@H]([C@@H](O)[C@@H](C=O)NC(C)=O)[C@H](O)CO)O[C@@H](CO)[C@@H]2O)(C(=O)O)C[C@@H]1O. The predicted octanol–water partition coefficient (Wildman–Crippen LogP) is -8.24. The van der Waals surface area contributed by atoms with Crippen LogP contribution >= 0.6 is 0 Å². The van der Waals surface area contributed by atoms with Gasteiger partial charge >= 0.3 is 5.97 Å². The van der Waals surface area contributed by atoms with Crippen LogP contribution in [-0.2, 0) is 38.1 Å². The van der Waals surface area contributed by atoms with Gasteiger partial charge in [-0.25, -0.2) is 4.79 Å². The number of aliphatic carboxylic acids is 1. The minimum atomic E-state index is -3.08. The summed E-state index contributed by atoms with van der Waals surface area (Å²) in [6.07, 6.45) is -25.6. The van der Waals surface area contributed by atoms with E-state index in [9.17, 15) is 75.3 Å². The molecule has 46 heavy (non-hydrogen) atoms. The van der Waals surface area contributed by atoms with E-state index in [-0.39, 0.29) is 6.29 Å². The number of rotatable bonds is 16. The molecule has 2 aliphatic heterocycles. The van der Waals surface area contributed by atoms with E-state index in [0.29, 0.717) is 0 Å². The van der Waals surface area contributed by atoms with Crippen LogP contribution in [0.3, 0.4) is 0 Å². The molecule has 2 saturated heterocycles. The summed E-state index contributed by atoms with van der Waals surface area (Å²) >= 11 is 0. The molecular weight excluding hydrogens is 632 g/mol. The first-order valence-corrected chi connectivity index (χ1v) is 14.0. The molecule has 266 valence electrons. The van der Waals surface area contributed by atoms with Crippen molar-refractivity contribution < 1.29 is 94.3 Å². The molecule has 0 spiro atoms. The van der Waals surface area contributed by atoms with E-state index >= 15 is 0 Å². The zero-order valence-corrected chi connectivity index (χ0v) is 24.7. The Morgan fingerprint density at radius 1 is 0.978 bits per heavy atom. The second-order valence-electron chi connectivity index (χ2n) is 10.9. The summed E-state index contributed by atoms with van der Waals surface area (Å²) in [6.45, 7) is -1.19. The van der Waals surface area contributed by atoms with Crippen molar-refractivity contribution in [2.45, 2.75) is 112 Å². The van der Waals surface area contributed by atoms with Crippen molar-refractivity contribution >= 4 is 24.1 Å². The number of ether oxygens (including phenoxy) is 4. The van der Waals surface area contributed by atoms with Crippen LogP contribution < -0.4 is 10.6 Å². The van der Waals surface area contributed by atoms with Gasteiger partial charge in [0.05, 0.1) is 32.0 Å². The first kappa shape index (κ1) is 39.7. The third-order valence-corrected chi connectivity index (χ3v) is 7.41. The Labute approximate surface area is 260 Å². The van der Waals surface area contributed by atoms with Crippen LogP contribution in [0.25, 0.3) is 0 Å². The van der Waals surface area contributed by atoms with Crippen molar-refractivity contribution in [1.29, 1.82) is 0 Å². The number of nitrogens with one attached hydrogen (secondary N) is 2. The number of aliphatic hydroxyl groups excluding tert-OH is 10. The number of hydrogen-bond donors (Lipinski definition) is 13. The summed E-state index contributed by atoms with van der Waals surface area (Å²) in [5, 5.41) is 118. The first-order valence-electron chi connectivity index (χ1n) is 14.0. The van der Waals surface area contributed by atoms with Gasteiger partial charge < -0.3 is 90.5 Å². The molecule has 13 N–H and O–H groups in total. The van der Waals surface area contributed by atoms with E-state index < -0.39 is 135 Å². The molecule has 0 aromatic heterocycles. The van der Waals surface area contributed by atoms with Crippen molar-refractivity contribution in [3.63, 3.8) is 0 Å². The largest absolute Gasteiger partial charge is 0.477 e. The van der Waals surface area contributed by atoms with Crippen molar-refractivity contribution in [2.75, 3.05) is 19.8 Å². The average Bonchev–Trinajstić information content (AvgIpc) is 3.00. The molecule has 2 rings (SSSR count). The Kier molecular flexibility index (Phi) is 14.7. The van der Waals surface area contributed by atoms with Gasteiger partial charge in [-0.1, -0.05) is 0 Å². The minimum absolute atomic E-state index is 0.0754. The van der Waals surface area contributed by atoms with Crippen LogP contribution in [0.15, 0.2) is 0 Å². The molecule has 0 unspecified atom stereocenters. The van der Waals surface area contributed by atoms with Gasteiger partial charge in [-0.2, -0.15) is 0 Å². The van der Waals surface area contributed by atoms with Gasteiger partial charge in [0.2, 0.25) is 11.8 Å². The van der Waals surface area contributed by atoms with E-state index in [1.807, 2.05) is 0 Å². The summed E-state index contributed by atoms with van der Waals surface area (Å²) in [5.74, 6) is -6.66. The molecule has 0 saturated carbocycles. The molecule has 2 amide bonds. The van der Waals surface area contributed by atoms with Crippen LogP contribution in [0.4, 0.5) is 0 Å². The number of amides is 2. The topological polar surface area (TPSA) is 352 Å². The number of aldehydes is 1. The van der Waals surface area contributed by atoms with Crippen molar-refractivity contribution in [2.24, 2.45) is 0 Å². The van der Waals surface area contributed by atoms with Crippen LogP contribution in [0.1, 0.15) is 20.3 Å². The highest BCUT2D eigenvalue weighted by Crippen LogP contribution is 2.37. The van der Waals surface area contributed by atoms with E-state index in [1.165, 1.54) is 0 Å². The maximum Gasteiger partial charge on any atom is 0.364 e. The molecule has 21 heteroatoms. The monoisotopic (exact) mass is 674 g/mol. The van der Waals surface area contributed by atoms with Crippen LogP contribution in [0.5, 0.6) is 0 Å². The molecule has 0 aliphatic carbocycles. The second-order valence-corrected chi connectivity index (χ2v) is 10.9. The van der Waals surface area contributed by atoms with Crippen molar-refractivity contribution in [1.82, 2.24) is 10.6 Å². The van der Waals surface area contributed by atoms with Crippen LogP contribution in [0.2, 0.25) is 0 Å². The fraction of sp³-hybridized carbons (Fsp3) is 0.840. The van der Waals surface area contributed by atoms with Gasteiger partial charge in [-0.05, 0) is 0 Å². The lowest BCUT2D eigenvalue weighted by molar-refractivity contribution is -0.376. The number of hydrogen-bond acceptors (Lipinski definition) is 18. The summed E-state index contributed by atoms with van der Waals surface area (Å²) in [7, 11) is 0. The lowest BCUT2D eigenvalue weighted by Gasteiger charge is -2.50. The van der Waals surface area contributed by atoms with Gasteiger partial charge in [0.15, 0.2) is 6.29 Å². The van der Waals surface area contributed by atoms with Crippen LogP contribution in [-0.4, -0.2) is 191 Å². The molecule has 2 aliphatic rings. The third kappa shape index (κ3) is 9.11. The van der Waals surface area contributed by atoms with Crippen molar-refractivity contribution in [3.8, 4) is 0 Å². The fourth-order valence-electron chi connectivity index (χ4n) is 5.07. The molecule has 0 aromatic rings. The van der Waals surface area contributed by atoms with E-state index in [2.05, 4.69) is 10.6 Å². The summed E-state index contributed by atoms with van der Waals surface area (Å²) < 4.78 is 21.8. The fourth-order valence-corrected chi connectivity index (χ4v) is 5.07. The highest BCUT2D eigenvalue weighted by molar-refractivity contribution is 5.77. The van der Waals surface area contributed by atoms with Gasteiger partial charge in [-0.15, -0.1) is 0 Å². The summed E-state index contributed by atoms with van der Waals surface area (Å²) in [6, 6.07) is -3.30. The summed E-state index contributed by atoms with van der Waals surface area (Å²) in [4.78, 5) is 47.3. The maximum absolute atomic E-state index is 12.6. The highest BCUT2D eigenvalue weighted by atomic mass is 16.8. The van der Waals surface area contributed by atoms with Crippen molar-refractivity contribution in [3.05, 3.63) is 0 Å². The normalized spacial score (nSPS) is 35.6. The second kappa shape index (κ2) is 17.1. The molecule has 0 aromatic carbocycles. The molecule has 0 bridgehead atoms. The smallest absolute Gasteiger partial charge is 0.364 e. The Morgan fingerprint density at radius 3 is 2.07 bits per heavy atom. The number of aliphatic hydroxyl groups is 10. The number of carbonyl (C=O) groups is 4. The lowest BCUT2D eigenvalue weighted by Crippen LogP contribution is -2.70. The quantitative estimate of drug-likeness (QED) is 0.0676. The van der Waals surface area contributed by atoms with E-state index in [4.69, 9.17) is 18.9 Å². The molecule has 2 fully saturated rings. The Hall–Kier alpha value is -2.48. The van der Waals surface area contributed by atoms with E-state index in [1.54, 1.807) is 0 Å². The number of carboxylic acids is 1. The third-order valence-electron chi connectivity index (χ3n) is 7.41. The molecule has 0 radical (unpaired) electrons. The Bertz CT molecular complexity index is 1040. The lowest BCUT2D eigenvalue weighted by atomic mass is 9.88.